The number of alkyl halides is 1. The molecule has 6 heteroatoms. The molecule has 0 aromatic rings. The smallest absolute Gasteiger partial charge is 0.339 e. The van der Waals surface area contributed by atoms with Crippen LogP contribution in [0.4, 0.5) is 0 Å². The predicted octanol–water partition coefficient (Wildman–Crippen LogP) is 2.95. The van der Waals surface area contributed by atoms with Gasteiger partial charge in [0.2, 0.25) is 0 Å². The number of epoxide rings is 1. The third kappa shape index (κ3) is 2.00. The van der Waals surface area contributed by atoms with E-state index in [-0.39, 0.29) is 6.10 Å². The molecule has 0 spiro atoms. The lowest BCUT2D eigenvalue weighted by atomic mass is 10.4. The maximum atomic E-state index is 12.2. The van der Waals surface area contributed by atoms with Gasteiger partial charge in [-0.1, -0.05) is 18.5 Å². The Bertz CT molecular complexity index is 237. The highest BCUT2D eigenvalue weighted by molar-refractivity contribution is 7.58. The largest absolute Gasteiger partial charge is 0.380 e. The molecule has 1 heterocycles. The third-order valence-electron chi connectivity index (χ3n) is 1.99. The van der Waals surface area contributed by atoms with Gasteiger partial charge in [-0.05, 0) is 20.3 Å². The molecule has 1 fully saturated rings. The second kappa shape index (κ2) is 4.50. The predicted molar refractivity (Wildman–Crippen MR) is 54.6 cm³/mol. The number of hydrogen-bond donors (Lipinski definition) is 0. The molecule has 1 rings (SSSR count). The molecular weight excluding hydrogens is 227 g/mol. The van der Waals surface area contributed by atoms with Gasteiger partial charge in [-0.3, -0.25) is 4.57 Å². The Balaban J connectivity index is 2.74. The number of ether oxygens (including phenoxy) is 1. The molecule has 2 atom stereocenters. The fourth-order valence-corrected chi connectivity index (χ4v) is 3.75. The summed E-state index contributed by atoms with van der Waals surface area (Å²) < 4.78 is 27.6. The zero-order valence-corrected chi connectivity index (χ0v) is 10.3. The molecule has 0 bridgehead atoms. The maximum Gasteiger partial charge on any atom is 0.380 e. The summed E-state index contributed by atoms with van der Waals surface area (Å²) >= 11 is 6.04. The van der Waals surface area contributed by atoms with Crippen LogP contribution in [0.15, 0.2) is 0 Å². The van der Waals surface area contributed by atoms with Crippen molar-refractivity contribution in [1.82, 2.24) is 0 Å². The second-order valence-corrected chi connectivity index (χ2v) is 5.96. The highest BCUT2D eigenvalue weighted by atomic mass is 35.5. The standard InChI is InChI=1S/C8H16ClO4P/c1-4-7-8(9,13-7)14(10,11-5-2)12-6-3/h7H,4-6H2,1-3H3/t7-,8+/m0/s1. The minimum absolute atomic E-state index is 0.229. The van der Waals surface area contributed by atoms with Gasteiger partial charge in [0.25, 0.3) is 4.80 Å². The number of rotatable bonds is 6. The van der Waals surface area contributed by atoms with Gasteiger partial charge in [-0.25, -0.2) is 0 Å². The average Bonchev–Trinajstić information content (AvgIpc) is 2.80. The van der Waals surface area contributed by atoms with Crippen LogP contribution in [0, 0.1) is 0 Å². The van der Waals surface area contributed by atoms with E-state index in [2.05, 4.69) is 0 Å². The van der Waals surface area contributed by atoms with Gasteiger partial charge in [0.1, 0.15) is 6.10 Å². The van der Waals surface area contributed by atoms with Gasteiger partial charge in [0.15, 0.2) is 0 Å². The number of hydrogen-bond acceptors (Lipinski definition) is 4. The van der Waals surface area contributed by atoms with E-state index in [9.17, 15) is 4.57 Å². The van der Waals surface area contributed by atoms with E-state index in [0.717, 1.165) is 0 Å². The van der Waals surface area contributed by atoms with Gasteiger partial charge >= 0.3 is 7.60 Å². The quantitative estimate of drug-likeness (QED) is 0.408. The molecule has 1 aliphatic rings. The lowest BCUT2D eigenvalue weighted by Gasteiger charge is -2.19. The van der Waals surface area contributed by atoms with Gasteiger partial charge < -0.3 is 13.8 Å². The van der Waals surface area contributed by atoms with Crippen molar-refractivity contribution in [3.8, 4) is 0 Å². The highest BCUT2D eigenvalue weighted by Gasteiger charge is 2.69. The molecule has 0 aromatic heterocycles. The molecule has 0 saturated carbocycles. The van der Waals surface area contributed by atoms with Crippen molar-refractivity contribution in [3.63, 3.8) is 0 Å². The summed E-state index contributed by atoms with van der Waals surface area (Å²) in [5, 5.41) is 0. The first-order chi connectivity index (χ1) is 6.54. The monoisotopic (exact) mass is 242 g/mol. The van der Waals surface area contributed by atoms with Gasteiger partial charge in [0.05, 0.1) is 13.2 Å². The first-order valence-electron chi connectivity index (χ1n) is 4.80. The summed E-state index contributed by atoms with van der Waals surface area (Å²) in [6.45, 7) is 6.00. The Kier molecular flexibility index (Phi) is 4.01. The summed E-state index contributed by atoms with van der Waals surface area (Å²) in [7, 11) is -3.32. The molecule has 1 aliphatic heterocycles. The molecule has 0 aliphatic carbocycles. The van der Waals surface area contributed by atoms with Crippen LogP contribution < -0.4 is 0 Å². The van der Waals surface area contributed by atoms with Crippen LogP contribution in [0.5, 0.6) is 0 Å². The average molecular weight is 243 g/mol. The van der Waals surface area contributed by atoms with E-state index in [1.54, 1.807) is 13.8 Å². The van der Waals surface area contributed by atoms with Crippen LogP contribution in [-0.4, -0.2) is 24.1 Å². The Morgan fingerprint density at radius 2 is 1.86 bits per heavy atom. The molecule has 0 N–H and O–H groups in total. The summed E-state index contributed by atoms with van der Waals surface area (Å²) in [6.07, 6.45) is 0.473. The Morgan fingerprint density at radius 3 is 2.14 bits per heavy atom. The first kappa shape index (κ1) is 12.5. The van der Waals surface area contributed by atoms with E-state index in [1.807, 2.05) is 6.92 Å². The van der Waals surface area contributed by atoms with Crippen molar-refractivity contribution in [3.05, 3.63) is 0 Å². The Morgan fingerprint density at radius 1 is 1.36 bits per heavy atom. The second-order valence-electron chi connectivity index (χ2n) is 2.96. The van der Waals surface area contributed by atoms with Crippen LogP contribution in [0.25, 0.3) is 0 Å². The van der Waals surface area contributed by atoms with Crippen molar-refractivity contribution >= 4 is 19.2 Å². The van der Waals surface area contributed by atoms with Gasteiger partial charge in [-0.15, -0.1) is 0 Å². The van der Waals surface area contributed by atoms with Gasteiger partial charge in [0, 0.05) is 0 Å². The van der Waals surface area contributed by atoms with Crippen LogP contribution in [0.3, 0.4) is 0 Å². The van der Waals surface area contributed by atoms with Crippen molar-refractivity contribution in [2.24, 2.45) is 0 Å². The number of halogens is 1. The van der Waals surface area contributed by atoms with E-state index in [4.69, 9.17) is 25.4 Å². The molecule has 84 valence electrons. The van der Waals surface area contributed by atoms with Crippen LogP contribution in [0.2, 0.25) is 0 Å². The molecule has 0 unspecified atom stereocenters. The molecule has 1 saturated heterocycles. The summed E-state index contributed by atoms with van der Waals surface area (Å²) in [5.41, 5.74) is 0. The van der Waals surface area contributed by atoms with Crippen LogP contribution in [-0.2, 0) is 18.3 Å². The van der Waals surface area contributed by atoms with Gasteiger partial charge in [-0.2, -0.15) is 0 Å². The summed E-state index contributed by atoms with van der Waals surface area (Å²) in [6, 6.07) is 0. The fourth-order valence-electron chi connectivity index (χ4n) is 1.29. The van der Waals surface area contributed by atoms with E-state index in [0.29, 0.717) is 19.6 Å². The van der Waals surface area contributed by atoms with Crippen LogP contribution in [0.1, 0.15) is 27.2 Å². The van der Waals surface area contributed by atoms with Crippen LogP contribution >= 0.6 is 19.2 Å². The molecular formula is C8H16ClO4P. The Hall–Kier alpha value is 0.400. The topological polar surface area (TPSA) is 48.1 Å². The van der Waals surface area contributed by atoms with Crippen molar-refractivity contribution in [2.75, 3.05) is 13.2 Å². The normalized spacial score (nSPS) is 31.9. The molecule has 0 aromatic carbocycles. The maximum absolute atomic E-state index is 12.2. The highest BCUT2D eigenvalue weighted by Crippen LogP contribution is 2.72. The van der Waals surface area contributed by atoms with Crippen molar-refractivity contribution < 1.29 is 18.3 Å². The van der Waals surface area contributed by atoms with Crippen molar-refractivity contribution in [1.29, 1.82) is 0 Å². The third-order valence-corrected chi connectivity index (χ3v) is 5.28. The molecule has 4 nitrogen and oxygen atoms in total. The summed E-state index contributed by atoms with van der Waals surface area (Å²) in [5.74, 6) is 0. The SMILES string of the molecule is CCOP(=O)(OCC)[C@]1(Cl)O[C@H]1CC. The first-order valence-corrected chi connectivity index (χ1v) is 6.72. The molecule has 0 amide bonds. The van der Waals surface area contributed by atoms with E-state index < -0.39 is 12.4 Å². The molecule has 14 heavy (non-hydrogen) atoms. The minimum atomic E-state index is -3.32. The fraction of sp³-hybridized carbons (Fsp3) is 1.00. The van der Waals surface area contributed by atoms with E-state index in [1.165, 1.54) is 0 Å². The van der Waals surface area contributed by atoms with E-state index >= 15 is 0 Å². The minimum Gasteiger partial charge on any atom is -0.339 e. The lowest BCUT2D eigenvalue weighted by molar-refractivity contribution is 0.202. The molecule has 0 radical (unpaired) electrons. The zero-order chi connectivity index (χ0) is 10.8. The summed E-state index contributed by atoms with van der Waals surface area (Å²) in [4.78, 5) is -1.24. The zero-order valence-electron chi connectivity index (χ0n) is 8.66. The lowest BCUT2D eigenvalue weighted by Crippen LogP contribution is -2.12. The Labute approximate surface area is 89.4 Å². The van der Waals surface area contributed by atoms with Crippen molar-refractivity contribution in [2.45, 2.75) is 38.1 Å².